The summed E-state index contributed by atoms with van der Waals surface area (Å²) in [6.45, 7) is 4.35. The predicted molar refractivity (Wildman–Crippen MR) is 66.3 cm³/mol. The summed E-state index contributed by atoms with van der Waals surface area (Å²) in [6.07, 6.45) is 0. The molecule has 0 aliphatic carbocycles. The van der Waals surface area contributed by atoms with Crippen molar-refractivity contribution < 1.29 is 19.1 Å². The first-order chi connectivity index (χ1) is 8.63. The Labute approximate surface area is 106 Å². The SMILES string of the molecule is CCOC(=O)C(=O)NCCOc1cccc(C)c1. The first kappa shape index (κ1) is 14.0. The highest BCUT2D eigenvalue weighted by atomic mass is 16.5. The van der Waals surface area contributed by atoms with Gasteiger partial charge in [0.25, 0.3) is 0 Å². The third kappa shape index (κ3) is 4.86. The van der Waals surface area contributed by atoms with Crippen LogP contribution in [0, 0.1) is 6.92 Å². The van der Waals surface area contributed by atoms with Crippen molar-refractivity contribution in [3.8, 4) is 5.75 Å². The van der Waals surface area contributed by atoms with Gasteiger partial charge in [-0.1, -0.05) is 12.1 Å². The molecular formula is C13H17NO4. The molecule has 1 N–H and O–H groups in total. The smallest absolute Gasteiger partial charge is 0.396 e. The molecule has 0 bridgehead atoms. The van der Waals surface area contributed by atoms with E-state index in [-0.39, 0.29) is 13.2 Å². The predicted octanol–water partition coefficient (Wildman–Crippen LogP) is 1.05. The largest absolute Gasteiger partial charge is 0.492 e. The topological polar surface area (TPSA) is 64.6 Å². The van der Waals surface area contributed by atoms with Crippen LogP contribution in [0.2, 0.25) is 0 Å². The molecule has 0 aliphatic rings. The van der Waals surface area contributed by atoms with Gasteiger partial charge in [0.05, 0.1) is 13.2 Å². The van der Waals surface area contributed by atoms with Crippen LogP contribution in [0.4, 0.5) is 0 Å². The lowest BCUT2D eigenvalue weighted by molar-refractivity contribution is -0.154. The lowest BCUT2D eigenvalue weighted by Gasteiger charge is -2.07. The first-order valence-corrected chi connectivity index (χ1v) is 5.78. The van der Waals surface area contributed by atoms with Crippen LogP contribution < -0.4 is 10.1 Å². The van der Waals surface area contributed by atoms with E-state index < -0.39 is 11.9 Å². The highest BCUT2D eigenvalue weighted by molar-refractivity contribution is 6.32. The second kappa shape index (κ2) is 7.32. The summed E-state index contributed by atoms with van der Waals surface area (Å²) in [5.41, 5.74) is 1.10. The summed E-state index contributed by atoms with van der Waals surface area (Å²) in [5, 5.41) is 2.41. The van der Waals surface area contributed by atoms with Crippen molar-refractivity contribution in [1.29, 1.82) is 0 Å². The number of hydrogen-bond donors (Lipinski definition) is 1. The van der Waals surface area contributed by atoms with Gasteiger partial charge in [-0.3, -0.25) is 4.79 Å². The van der Waals surface area contributed by atoms with Crippen LogP contribution >= 0.6 is 0 Å². The molecule has 0 spiro atoms. The zero-order valence-corrected chi connectivity index (χ0v) is 10.6. The number of carbonyl (C=O) groups is 2. The minimum atomic E-state index is -0.868. The van der Waals surface area contributed by atoms with E-state index in [1.54, 1.807) is 6.92 Å². The second-order valence-corrected chi connectivity index (χ2v) is 3.64. The number of carbonyl (C=O) groups excluding carboxylic acids is 2. The third-order valence-electron chi connectivity index (χ3n) is 2.11. The van der Waals surface area contributed by atoms with Gasteiger partial charge in [0.1, 0.15) is 12.4 Å². The van der Waals surface area contributed by atoms with Crippen LogP contribution in [0.25, 0.3) is 0 Å². The quantitative estimate of drug-likeness (QED) is 0.482. The maximum Gasteiger partial charge on any atom is 0.396 e. The molecule has 18 heavy (non-hydrogen) atoms. The van der Waals surface area contributed by atoms with Gasteiger partial charge in [0, 0.05) is 0 Å². The van der Waals surface area contributed by atoms with E-state index >= 15 is 0 Å². The lowest BCUT2D eigenvalue weighted by Crippen LogP contribution is -2.35. The number of rotatable bonds is 5. The summed E-state index contributed by atoms with van der Waals surface area (Å²) in [7, 11) is 0. The summed E-state index contributed by atoms with van der Waals surface area (Å²) in [6, 6.07) is 7.59. The van der Waals surface area contributed by atoms with E-state index in [4.69, 9.17) is 4.74 Å². The lowest BCUT2D eigenvalue weighted by atomic mass is 10.2. The number of benzene rings is 1. The van der Waals surface area contributed by atoms with Crippen molar-refractivity contribution in [3.05, 3.63) is 29.8 Å². The standard InChI is InChI=1S/C13H17NO4/c1-3-17-13(16)12(15)14-7-8-18-11-6-4-5-10(2)9-11/h4-6,9H,3,7-8H2,1-2H3,(H,14,15). The van der Waals surface area contributed by atoms with Crippen LogP contribution in [0.5, 0.6) is 5.75 Å². The van der Waals surface area contributed by atoms with E-state index in [1.165, 1.54) is 0 Å². The molecule has 0 aliphatic heterocycles. The molecule has 1 aromatic rings. The van der Waals surface area contributed by atoms with E-state index in [0.717, 1.165) is 11.3 Å². The summed E-state index contributed by atoms with van der Waals surface area (Å²) in [4.78, 5) is 22.1. The molecule has 1 aromatic carbocycles. The molecule has 5 nitrogen and oxygen atoms in total. The molecule has 0 aromatic heterocycles. The average molecular weight is 251 g/mol. The Balaban J connectivity index is 2.23. The monoisotopic (exact) mass is 251 g/mol. The minimum Gasteiger partial charge on any atom is -0.492 e. The van der Waals surface area contributed by atoms with Gasteiger partial charge >= 0.3 is 11.9 Å². The molecule has 0 saturated heterocycles. The Hall–Kier alpha value is -2.04. The Kier molecular flexibility index (Phi) is 5.70. The molecule has 1 amide bonds. The van der Waals surface area contributed by atoms with Gasteiger partial charge in [-0.15, -0.1) is 0 Å². The van der Waals surface area contributed by atoms with Crippen molar-refractivity contribution >= 4 is 11.9 Å². The maximum atomic E-state index is 11.2. The molecule has 98 valence electrons. The van der Waals surface area contributed by atoms with Crippen molar-refractivity contribution in [2.24, 2.45) is 0 Å². The van der Waals surface area contributed by atoms with E-state index in [9.17, 15) is 9.59 Å². The number of amides is 1. The number of nitrogens with one attached hydrogen (secondary N) is 1. The Morgan fingerprint density at radius 2 is 2.11 bits per heavy atom. The number of esters is 1. The fourth-order valence-corrected chi connectivity index (χ4v) is 1.31. The zero-order valence-electron chi connectivity index (χ0n) is 10.6. The van der Waals surface area contributed by atoms with Crippen LogP contribution in [0.15, 0.2) is 24.3 Å². The molecule has 0 radical (unpaired) electrons. The molecule has 0 heterocycles. The fraction of sp³-hybridized carbons (Fsp3) is 0.385. The van der Waals surface area contributed by atoms with Crippen LogP contribution in [0.3, 0.4) is 0 Å². The van der Waals surface area contributed by atoms with Gasteiger partial charge in [0.15, 0.2) is 0 Å². The molecular weight excluding hydrogens is 234 g/mol. The Morgan fingerprint density at radius 3 is 2.78 bits per heavy atom. The first-order valence-electron chi connectivity index (χ1n) is 5.78. The molecule has 0 fully saturated rings. The van der Waals surface area contributed by atoms with Gasteiger partial charge in [-0.2, -0.15) is 0 Å². The van der Waals surface area contributed by atoms with E-state index in [2.05, 4.69) is 10.1 Å². The molecule has 5 heteroatoms. The van der Waals surface area contributed by atoms with Crippen molar-refractivity contribution in [2.75, 3.05) is 19.8 Å². The van der Waals surface area contributed by atoms with Crippen molar-refractivity contribution in [1.82, 2.24) is 5.32 Å². The second-order valence-electron chi connectivity index (χ2n) is 3.64. The van der Waals surface area contributed by atoms with E-state index in [0.29, 0.717) is 6.61 Å². The maximum absolute atomic E-state index is 11.2. The number of ether oxygens (including phenoxy) is 2. The Bertz CT molecular complexity index is 417. The number of hydrogen-bond acceptors (Lipinski definition) is 4. The van der Waals surface area contributed by atoms with Gasteiger partial charge < -0.3 is 14.8 Å². The molecule has 0 atom stereocenters. The summed E-state index contributed by atoms with van der Waals surface area (Å²) in [5.74, 6) is -0.877. The van der Waals surface area contributed by atoms with Gasteiger partial charge in [0.2, 0.25) is 0 Å². The molecule has 1 rings (SSSR count). The van der Waals surface area contributed by atoms with Crippen LogP contribution in [0.1, 0.15) is 12.5 Å². The van der Waals surface area contributed by atoms with Crippen LogP contribution in [-0.2, 0) is 14.3 Å². The van der Waals surface area contributed by atoms with Gasteiger partial charge in [-0.25, -0.2) is 4.79 Å². The van der Waals surface area contributed by atoms with Crippen molar-refractivity contribution in [3.63, 3.8) is 0 Å². The summed E-state index contributed by atoms with van der Waals surface area (Å²) >= 11 is 0. The molecule has 0 saturated carbocycles. The molecule has 0 unspecified atom stereocenters. The average Bonchev–Trinajstić information content (AvgIpc) is 2.35. The zero-order chi connectivity index (χ0) is 13.4. The number of aryl methyl sites for hydroxylation is 1. The van der Waals surface area contributed by atoms with E-state index in [1.807, 2.05) is 31.2 Å². The minimum absolute atomic E-state index is 0.187. The normalized spacial score (nSPS) is 9.67. The highest BCUT2D eigenvalue weighted by Gasteiger charge is 2.13. The fourth-order valence-electron chi connectivity index (χ4n) is 1.31. The van der Waals surface area contributed by atoms with Gasteiger partial charge in [-0.05, 0) is 31.5 Å². The van der Waals surface area contributed by atoms with Crippen molar-refractivity contribution in [2.45, 2.75) is 13.8 Å². The summed E-state index contributed by atoms with van der Waals surface area (Å²) < 4.78 is 9.95. The van der Waals surface area contributed by atoms with Crippen LogP contribution in [-0.4, -0.2) is 31.6 Å². The highest BCUT2D eigenvalue weighted by Crippen LogP contribution is 2.11. The third-order valence-corrected chi connectivity index (χ3v) is 2.11. The Morgan fingerprint density at radius 1 is 1.33 bits per heavy atom.